The molecule has 2 rings (SSSR count). The number of methoxy groups -OCH3 is 1. The standard InChI is InChI=1S/C15H20N2OS/c1-10(13-6-5-7-14(8-13)18-4)16-9-15-11(2)17-12(3)19-15/h5-8,10,16H,9H2,1-4H3. The SMILES string of the molecule is COc1cccc(C(C)NCc2sc(C)nc2C)c1. The maximum Gasteiger partial charge on any atom is 0.119 e. The molecule has 0 saturated carbocycles. The van der Waals surface area contributed by atoms with Crippen molar-refractivity contribution < 1.29 is 4.74 Å². The van der Waals surface area contributed by atoms with Crippen LogP contribution in [0.4, 0.5) is 0 Å². The third kappa shape index (κ3) is 3.55. The highest BCUT2D eigenvalue weighted by Crippen LogP contribution is 2.21. The van der Waals surface area contributed by atoms with E-state index in [2.05, 4.69) is 36.3 Å². The van der Waals surface area contributed by atoms with Crippen molar-refractivity contribution >= 4 is 11.3 Å². The molecule has 3 nitrogen and oxygen atoms in total. The van der Waals surface area contributed by atoms with Crippen molar-refractivity contribution in [1.82, 2.24) is 10.3 Å². The molecule has 4 heteroatoms. The first-order valence-corrected chi connectivity index (χ1v) is 7.22. The summed E-state index contributed by atoms with van der Waals surface area (Å²) in [6.07, 6.45) is 0. The largest absolute Gasteiger partial charge is 0.497 e. The summed E-state index contributed by atoms with van der Waals surface area (Å²) in [5.74, 6) is 0.899. The molecule has 1 atom stereocenters. The number of ether oxygens (including phenoxy) is 1. The van der Waals surface area contributed by atoms with Crippen LogP contribution in [0, 0.1) is 13.8 Å². The van der Waals surface area contributed by atoms with Gasteiger partial charge in [-0.1, -0.05) is 12.1 Å². The Morgan fingerprint density at radius 2 is 2.16 bits per heavy atom. The van der Waals surface area contributed by atoms with E-state index in [0.717, 1.165) is 23.0 Å². The van der Waals surface area contributed by atoms with Crippen molar-refractivity contribution in [3.05, 3.63) is 45.4 Å². The van der Waals surface area contributed by atoms with Gasteiger partial charge in [0.2, 0.25) is 0 Å². The van der Waals surface area contributed by atoms with Gasteiger partial charge in [0, 0.05) is 17.5 Å². The topological polar surface area (TPSA) is 34.1 Å². The molecule has 1 unspecified atom stereocenters. The summed E-state index contributed by atoms with van der Waals surface area (Å²) in [4.78, 5) is 5.76. The Balaban J connectivity index is 2.00. The molecule has 0 aliphatic carbocycles. The summed E-state index contributed by atoms with van der Waals surface area (Å²) in [5.41, 5.74) is 2.37. The zero-order chi connectivity index (χ0) is 13.8. The Morgan fingerprint density at radius 3 is 2.79 bits per heavy atom. The molecule has 1 heterocycles. The molecular formula is C15H20N2OS. The molecular weight excluding hydrogens is 256 g/mol. The monoisotopic (exact) mass is 276 g/mol. The Labute approximate surface area is 118 Å². The molecule has 1 N–H and O–H groups in total. The van der Waals surface area contributed by atoms with E-state index in [1.54, 1.807) is 18.4 Å². The number of benzene rings is 1. The van der Waals surface area contributed by atoms with E-state index in [-0.39, 0.29) is 6.04 Å². The lowest BCUT2D eigenvalue weighted by Crippen LogP contribution is -2.17. The lowest BCUT2D eigenvalue weighted by molar-refractivity contribution is 0.413. The Kier molecular flexibility index (Phi) is 4.56. The van der Waals surface area contributed by atoms with Crippen LogP contribution in [0.1, 0.15) is 34.1 Å². The van der Waals surface area contributed by atoms with Gasteiger partial charge < -0.3 is 10.1 Å². The molecule has 0 radical (unpaired) electrons. The van der Waals surface area contributed by atoms with Crippen LogP contribution in [0.3, 0.4) is 0 Å². The zero-order valence-corrected chi connectivity index (χ0v) is 12.7. The third-order valence-electron chi connectivity index (χ3n) is 3.16. The molecule has 0 bridgehead atoms. The molecule has 0 saturated heterocycles. The number of nitrogens with one attached hydrogen (secondary N) is 1. The van der Waals surface area contributed by atoms with Crippen LogP contribution in [0.25, 0.3) is 0 Å². The number of hydrogen-bond donors (Lipinski definition) is 1. The fourth-order valence-corrected chi connectivity index (χ4v) is 2.90. The van der Waals surface area contributed by atoms with E-state index in [1.165, 1.54) is 10.4 Å². The predicted octanol–water partition coefficient (Wildman–Crippen LogP) is 3.62. The van der Waals surface area contributed by atoms with Crippen LogP contribution in [0.15, 0.2) is 24.3 Å². The number of aromatic nitrogens is 1. The first kappa shape index (κ1) is 14.0. The van der Waals surface area contributed by atoms with Crippen LogP contribution in [-0.2, 0) is 6.54 Å². The van der Waals surface area contributed by atoms with Crippen molar-refractivity contribution in [3.63, 3.8) is 0 Å². The molecule has 0 spiro atoms. The molecule has 1 aromatic carbocycles. The molecule has 0 aliphatic heterocycles. The van der Waals surface area contributed by atoms with Crippen LogP contribution >= 0.6 is 11.3 Å². The van der Waals surface area contributed by atoms with Gasteiger partial charge in [-0.2, -0.15) is 0 Å². The fraction of sp³-hybridized carbons (Fsp3) is 0.400. The Bertz CT molecular complexity index is 551. The second-order valence-electron chi connectivity index (χ2n) is 4.62. The highest BCUT2D eigenvalue weighted by Gasteiger charge is 2.09. The van der Waals surface area contributed by atoms with E-state index in [0.29, 0.717) is 0 Å². The van der Waals surface area contributed by atoms with Crippen LogP contribution in [0.5, 0.6) is 5.75 Å². The Hall–Kier alpha value is -1.39. The summed E-state index contributed by atoms with van der Waals surface area (Å²) in [7, 11) is 1.70. The van der Waals surface area contributed by atoms with Gasteiger partial charge >= 0.3 is 0 Å². The molecule has 102 valence electrons. The first-order chi connectivity index (χ1) is 9.10. The molecule has 0 amide bonds. The van der Waals surface area contributed by atoms with Gasteiger partial charge in [-0.05, 0) is 38.5 Å². The molecule has 1 aromatic heterocycles. The zero-order valence-electron chi connectivity index (χ0n) is 11.9. The summed E-state index contributed by atoms with van der Waals surface area (Å²) < 4.78 is 5.25. The summed E-state index contributed by atoms with van der Waals surface area (Å²) in [6, 6.07) is 8.46. The first-order valence-electron chi connectivity index (χ1n) is 6.40. The normalized spacial score (nSPS) is 12.4. The summed E-state index contributed by atoms with van der Waals surface area (Å²) in [5, 5.41) is 4.66. The smallest absolute Gasteiger partial charge is 0.119 e. The van der Waals surface area contributed by atoms with Crippen LogP contribution in [0.2, 0.25) is 0 Å². The number of hydrogen-bond acceptors (Lipinski definition) is 4. The summed E-state index contributed by atoms with van der Waals surface area (Å²) in [6.45, 7) is 7.14. The number of thiazole rings is 1. The summed E-state index contributed by atoms with van der Waals surface area (Å²) >= 11 is 1.76. The van der Waals surface area contributed by atoms with Gasteiger partial charge in [-0.15, -0.1) is 11.3 Å². The molecule has 19 heavy (non-hydrogen) atoms. The average Bonchev–Trinajstić information content (AvgIpc) is 2.74. The maximum absolute atomic E-state index is 5.25. The second-order valence-corrected chi connectivity index (χ2v) is 5.91. The molecule has 0 fully saturated rings. The number of nitrogens with zero attached hydrogens (tertiary/aromatic N) is 1. The van der Waals surface area contributed by atoms with Crippen LogP contribution in [-0.4, -0.2) is 12.1 Å². The highest BCUT2D eigenvalue weighted by molar-refractivity contribution is 7.11. The minimum atomic E-state index is 0.289. The highest BCUT2D eigenvalue weighted by atomic mass is 32.1. The van der Waals surface area contributed by atoms with Crippen molar-refractivity contribution in [3.8, 4) is 5.75 Å². The average molecular weight is 276 g/mol. The van der Waals surface area contributed by atoms with Crippen molar-refractivity contribution in [2.75, 3.05) is 7.11 Å². The van der Waals surface area contributed by atoms with Gasteiger partial charge in [-0.3, -0.25) is 0 Å². The number of aryl methyl sites for hydroxylation is 2. The molecule has 0 aliphatic rings. The van der Waals surface area contributed by atoms with E-state index < -0.39 is 0 Å². The van der Waals surface area contributed by atoms with E-state index >= 15 is 0 Å². The second kappa shape index (κ2) is 6.17. The van der Waals surface area contributed by atoms with Crippen molar-refractivity contribution in [2.45, 2.75) is 33.4 Å². The Morgan fingerprint density at radius 1 is 1.37 bits per heavy atom. The maximum atomic E-state index is 5.25. The van der Waals surface area contributed by atoms with Crippen molar-refractivity contribution in [2.24, 2.45) is 0 Å². The van der Waals surface area contributed by atoms with Crippen molar-refractivity contribution in [1.29, 1.82) is 0 Å². The fourth-order valence-electron chi connectivity index (χ4n) is 2.01. The lowest BCUT2D eigenvalue weighted by Gasteiger charge is -2.14. The van der Waals surface area contributed by atoms with E-state index in [9.17, 15) is 0 Å². The quantitative estimate of drug-likeness (QED) is 0.905. The number of rotatable bonds is 5. The van der Waals surface area contributed by atoms with Gasteiger partial charge in [0.05, 0.1) is 17.8 Å². The predicted molar refractivity (Wildman–Crippen MR) is 79.8 cm³/mol. The van der Waals surface area contributed by atoms with Gasteiger partial charge in [0.15, 0.2) is 0 Å². The lowest BCUT2D eigenvalue weighted by atomic mass is 10.1. The third-order valence-corrected chi connectivity index (χ3v) is 4.24. The minimum Gasteiger partial charge on any atom is -0.497 e. The molecule has 2 aromatic rings. The van der Waals surface area contributed by atoms with E-state index in [4.69, 9.17) is 4.74 Å². The minimum absolute atomic E-state index is 0.289. The van der Waals surface area contributed by atoms with Crippen LogP contribution < -0.4 is 10.1 Å². The van der Waals surface area contributed by atoms with Gasteiger partial charge in [-0.25, -0.2) is 4.98 Å². The van der Waals surface area contributed by atoms with Gasteiger partial charge in [0.25, 0.3) is 0 Å². The van der Waals surface area contributed by atoms with Gasteiger partial charge in [0.1, 0.15) is 5.75 Å². The van der Waals surface area contributed by atoms with E-state index in [1.807, 2.05) is 19.1 Å².